The fraction of sp³-hybridized carbons (Fsp3) is 0.250. The first-order chi connectivity index (χ1) is 13.0. The summed E-state index contributed by atoms with van der Waals surface area (Å²) in [5.74, 6) is -0.961. The largest absolute Gasteiger partial charge is 0.467 e. The first kappa shape index (κ1) is 18.4. The quantitative estimate of drug-likeness (QED) is 0.665. The number of fused-ring (bicyclic) bond motifs is 1. The van der Waals surface area contributed by atoms with Crippen LogP contribution in [0.3, 0.4) is 0 Å². The van der Waals surface area contributed by atoms with Gasteiger partial charge in [0, 0.05) is 13.5 Å². The zero-order valence-electron chi connectivity index (χ0n) is 15.2. The van der Waals surface area contributed by atoms with Gasteiger partial charge in [0.05, 0.1) is 18.1 Å². The Labute approximate surface area is 156 Å². The predicted molar refractivity (Wildman–Crippen MR) is 101 cm³/mol. The fourth-order valence-corrected chi connectivity index (χ4v) is 3.08. The van der Waals surface area contributed by atoms with E-state index in [-0.39, 0.29) is 12.2 Å². The molecule has 1 atom stereocenters. The third-order valence-corrected chi connectivity index (χ3v) is 4.46. The number of benzene rings is 2. The van der Waals surface area contributed by atoms with Gasteiger partial charge in [-0.25, -0.2) is 9.59 Å². The van der Waals surface area contributed by atoms with Crippen LogP contribution >= 0.6 is 0 Å². The van der Waals surface area contributed by atoms with Crippen LogP contribution in [-0.4, -0.2) is 34.2 Å². The number of ether oxygens (including phenoxy) is 1. The van der Waals surface area contributed by atoms with Crippen molar-refractivity contribution in [2.75, 3.05) is 7.11 Å². The predicted octanol–water partition coefficient (Wildman–Crippen LogP) is 1.24. The minimum Gasteiger partial charge on any atom is -0.467 e. The van der Waals surface area contributed by atoms with Gasteiger partial charge in [-0.2, -0.15) is 0 Å². The van der Waals surface area contributed by atoms with Crippen molar-refractivity contribution < 1.29 is 14.3 Å². The van der Waals surface area contributed by atoms with Gasteiger partial charge in [-0.15, -0.1) is 0 Å². The number of methoxy groups -OCH3 is 1. The third kappa shape index (κ3) is 3.92. The number of hydrogen-bond donors (Lipinski definition) is 1. The summed E-state index contributed by atoms with van der Waals surface area (Å²) in [6.07, 6.45) is 0.309. The van der Waals surface area contributed by atoms with Gasteiger partial charge in [0.25, 0.3) is 0 Å². The molecule has 140 valence electrons. The molecule has 0 fully saturated rings. The highest BCUT2D eigenvalue weighted by atomic mass is 16.5. The second-order valence-corrected chi connectivity index (χ2v) is 6.25. The van der Waals surface area contributed by atoms with Crippen molar-refractivity contribution in [1.82, 2.24) is 14.5 Å². The van der Waals surface area contributed by atoms with Crippen LogP contribution < -0.4 is 11.0 Å². The first-order valence-electron chi connectivity index (χ1n) is 8.56. The van der Waals surface area contributed by atoms with Gasteiger partial charge in [-0.3, -0.25) is 13.9 Å². The van der Waals surface area contributed by atoms with Crippen LogP contribution in [0.4, 0.5) is 0 Å². The molecular formula is C20H21N3O4. The highest BCUT2D eigenvalue weighted by Gasteiger charge is 2.23. The molecule has 27 heavy (non-hydrogen) atoms. The van der Waals surface area contributed by atoms with Crippen molar-refractivity contribution >= 4 is 22.9 Å². The summed E-state index contributed by atoms with van der Waals surface area (Å²) in [6.45, 7) is -0.178. The number of para-hydroxylation sites is 2. The van der Waals surface area contributed by atoms with Crippen LogP contribution in [0.25, 0.3) is 11.0 Å². The average Bonchev–Trinajstić information content (AvgIpc) is 2.93. The molecule has 1 amide bonds. The molecule has 0 aliphatic heterocycles. The number of rotatable bonds is 6. The Morgan fingerprint density at radius 1 is 1.04 bits per heavy atom. The fourth-order valence-electron chi connectivity index (χ4n) is 3.08. The molecule has 1 heterocycles. The Balaban J connectivity index is 1.80. The summed E-state index contributed by atoms with van der Waals surface area (Å²) >= 11 is 0. The number of aromatic nitrogens is 2. The molecule has 0 spiro atoms. The van der Waals surface area contributed by atoms with E-state index in [1.165, 1.54) is 16.2 Å². The second-order valence-electron chi connectivity index (χ2n) is 6.25. The lowest BCUT2D eigenvalue weighted by Crippen LogP contribution is -2.45. The van der Waals surface area contributed by atoms with Crippen LogP contribution in [-0.2, 0) is 34.3 Å². The lowest BCUT2D eigenvalue weighted by atomic mass is 10.1. The van der Waals surface area contributed by atoms with E-state index in [0.717, 1.165) is 11.1 Å². The molecule has 1 aromatic heterocycles. The SMILES string of the molecule is COC(=O)[C@H](Cc1ccccc1)NC(=O)Cn1c(=O)n(C)c2ccccc21. The Morgan fingerprint density at radius 3 is 2.33 bits per heavy atom. The first-order valence-corrected chi connectivity index (χ1v) is 8.56. The van der Waals surface area contributed by atoms with Crippen LogP contribution in [0, 0.1) is 0 Å². The maximum absolute atomic E-state index is 12.6. The van der Waals surface area contributed by atoms with Gasteiger partial charge in [0.15, 0.2) is 0 Å². The summed E-state index contributed by atoms with van der Waals surface area (Å²) in [5, 5.41) is 2.68. The zero-order chi connectivity index (χ0) is 19.4. The van der Waals surface area contributed by atoms with E-state index in [1.54, 1.807) is 13.1 Å². The Hall–Kier alpha value is -3.35. The number of carbonyl (C=O) groups excluding carboxylic acids is 2. The second kappa shape index (κ2) is 7.90. The maximum Gasteiger partial charge on any atom is 0.329 e. The lowest BCUT2D eigenvalue weighted by Gasteiger charge is -2.17. The normalized spacial score (nSPS) is 11.9. The maximum atomic E-state index is 12.6. The molecule has 3 rings (SSSR count). The standard InChI is InChI=1S/C20H21N3O4/c1-22-16-10-6-7-11-17(16)23(20(22)26)13-18(24)21-15(19(25)27-2)12-14-8-4-3-5-9-14/h3-11,15H,12-13H2,1-2H3,(H,21,24)/t15-/m0/s1. The van der Waals surface area contributed by atoms with Crippen LogP contribution in [0.15, 0.2) is 59.4 Å². The van der Waals surface area contributed by atoms with E-state index < -0.39 is 17.9 Å². The molecule has 0 aliphatic rings. The van der Waals surface area contributed by atoms with Gasteiger partial charge in [-0.1, -0.05) is 42.5 Å². The smallest absolute Gasteiger partial charge is 0.329 e. The number of aryl methyl sites for hydroxylation is 1. The molecule has 7 heteroatoms. The molecule has 0 radical (unpaired) electrons. The molecule has 1 N–H and O–H groups in total. The van der Waals surface area contributed by atoms with Gasteiger partial charge in [-0.05, 0) is 17.7 Å². The molecule has 0 saturated heterocycles. The van der Waals surface area contributed by atoms with Crippen molar-refractivity contribution in [2.45, 2.75) is 19.0 Å². The van der Waals surface area contributed by atoms with Gasteiger partial charge >= 0.3 is 11.7 Å². The number of imidazole rings is 1. The summed E-state index contributed by atoms with van der Waals surface area (Å²) in [6, 6.07) is 15.8. The topological polar surface area (TPSA) is 82.3 Å². The number of hydrogen-bond acceptors (Lipinski definition) is 4. The van der Waals surface area contributed by atoms with Crippen LogP contribution in [0.1, 0.15) is 5.56 Å². The highest BCUT2D eigenvalue weighted by Crippen LogP contribution is 2.11. The van der Waals surface area contributed by atoms with Crippen molar-refractivity contribution in [3.05, 3.63) is 70.6 Å². The van der Waals surface area contributed by atoms with E-state index in [4.69, 9.17) is 4.74 Å². The van der Waals surface area contributed by atoms with E-state index >= 15 is 0 Å². The summed E-state index contributed by atoms with van der Waals surface area (Å²) in [7, 11) is 2.94. The Bertz CT molecular complexity index is 1020. The van der Waals surface area contributed by atoms with E-state index in [2.05, 4.69) is 5.32 Å². The van der Waals surface area contributed by atoms with E-state index in [1.807, 2.05) is 48.5 Å². The number of nitrogens with one attached hydrogen (secondary N) is 1. The zero-order valence-corrected chi connectivity index (χ0v) is 15.2. The molecular weight excluding hydrogens is 346 g/mol. The van der Waals surface area contributed by atoms with Crippen molar-refractivity contribution in [3.63, 3.8) is 0 Å². The molecule has 0 aliphatic carbocycles. The average molecular weight is 367 g/mol. The minimum absolute atomic E-state index is 0.178. The van der Waals surface area contributed by atoms with Gasteiger partial charge in [0.2, 0.25) is 5.91 Å². The summed E-state index contributed by atoms with van der Waals surface area (Å²) in [4.78, 5) is 37.1. The highest BCUT2D eigenvalue weighted by molar-refractivity contribution is 5.86. The Morgan fingerprint density at radius 2 is 1.67 bits per heavy atom. The molecule has 0 bridgehead atoms. The minimum atomic E-state index is -0.824. The van der Waals surface area contributed by atoms with Crippen molar-refractivity contribution in [2.24, 2.45) is 7.05 Å². The molecule has 0 unspecified atom stereocenters. The third-order valence-electron chi connectivity index (χ3n) is 4.46. The van der Waals surface area contributed by atoms with Gasteiger partial charge in [0.1, 0.15) is 12.6 Å². The van der Waals surface area contributed by atoms with Crippen molar-refractivity contribution in [1.29, 1.82) is 0 Å². The summed E-state index contributed by atoms with van der Waals surface area (Å²) < 4.78 is 7.69. The molecule has 3 aromatic rings. The van der Waals surface area contributed by atoms with Gasteiger partial charge < -0.3 is 10.1 Å². The molecule has 7 nitrogen and oxygen atoms in total. The van der Waals surface area contributed by atoms with Crippen LogP contribution in [0.5, 0.6) is 0 Å². The number of esters is 1. The van der Waals surface area contributed by atoms with Crippen molar-refractivity contribution in [3.8, 4) is 0 Å². The number of nitrogens with zero attached hydrogens (tertiary/aromatic N) is 2. The van der Waals surface area contributed by atoms with Crippen LogP contribution in [0.2, 0.25) is 0 Å². The Kier molecular flexibility index (Phi) is 5.40. The van der Waals surface area contributed by atoms with E-state index in [0.29, 0.717) is 11.9 Å². The number of carbonyl (C=O) groups is 2. The number of amides is 1. The monoisotopic (exact) mass is 367 g/mol. The van der Waals surface area contributed by atoms with E-state index in [9.17, 15) is 14.4 Å². The summed E-state index contributed by atoms with van der Waals surface area (Å²) in [5.41, 5.74) is 2.02. The molecule has 0 saturated carbocycles. The lowest BCUT2D eigenvalue weighted by molar-refractivity contribution is -0.145. The molecule has 2 aromatic carbocycles.